The van der Waals surface area contributed by atoms with Gasteiger partial charge >= 0.3 is 0 Å². The second-order valence-corrected chi connectivity index (χ2v) is 6.30. The van der Waals surface area contributed by atoms with E-state index in [1.807, 2.05) is 18.5 Å². The van der Waals surface area contributed by atoms with Gasteiger partial charge in [0.1, 0.15) is 12.1 Å². The third kappa shape index (κ3) is 4.12. The van der Waals surface area contributed by atoms with Crippen LogP contribution in [0.2, 0.25) is 0 Å². The molecular weight excluding hydrogens is 316 g/mol. The number of nitrogens with zero attached hydrogens (tertiary/aromatic N) is 5. The standard InChI is InChI=1S/C18H22N6O/c1-13(11-24-15(3)8-14(2)22-24)10-21-18(25)16-4-5-20-17(9-16)23-7-6-19-12-23/h4-9,12-13H,10-11H2,1-3H3,(H,21,25)/t13-/m0/s1. The fraction of sp³-hybridized carbons (Fsp3) is 0.333. The molecule has 0 radical (unpaired) electrons. The van der Waals surface area contributed by atoms with Gasteiger partial charge in [-0.2, -0.15) is 5.10 Å². The minimum atomic E-state index is -0.107. The van der Waals surface area contributed by atoms with Crippen molar-refractivity contribution in [2.45, 2.75) is 27.3 Å². The zero-order valence-corrected chi connectivity index (χ0v) is 14.7. The average Bonchev–Trinajstić information content (AvgIpc) is 3.23. The number of hydrogen-bond donors (Lipinski definition) is 1. The Balaban J connectivity index is 1.59. The zero-order chi connectivity index (χ0) is 17.8. The second-order valence-electron chi connectivity index (χ2n) is 6.30. The molecule has 7 heteroatoms. The third-order valence-corrected chi connectivity index (χ3v) is 3.98. The fourth-order valence-corrected chi connectivity index (χ4v) is 2.68. The first-order valence-corrected chi connectivity index (χ1v) is 8.26. The van der Waals surface area contributed by atoms with Crippen LogP contribution in [0.15, 0.2) is 43.1 Å². The molecular formula is C18H22N6O. The van der Waals surface area contributed by atoms with Crippen LogP contribution in [-0.2, 0) is 6.54 Å². The van der Waals surface area contributed by atoms with Crippen LogP contribution in [0.25, 0.3) is 5.82 Å². The van der Waals surface area contributed by atoms with Gasteiger partial charge in [0.25, 0.3) is 5.91 Å². The molecule has 0 aliphatic carbocycles. The lowest BCUT2D eigenvalue weighted by atomic mass is 10.1. The van der Waals surface area contributed by atoms with Crippen molar-refractivity contribution in [2.75, 3.05) is 6.54 Å². The minimum absolute atomic E-state index is 0.107. The van der Waals surface area contributed by atoms with E-state index in [1.165, 1.54) is 0 Å². The number of carbonyl (C=O) groups excluding carboxylic acids is 1. The van der Waals surface area contributed by atoms with Gasteiger partial charge in [-0.1, -0.05) is 6.92 Å². The average molecular weight is 338 g/mol. The Kier molecular flexibility index (Phi) is 4.92. The van der Waals surface area contributed by atoms with Gasteiger partial charge in [0, 0.05) is 42.9 Å². The second kappa shape index (κ2) is 7.29. The van der Waals surface area contributed by atoms with E-state index in [2.05, 4.69) is 33.4 Å². The molecule has 0 aromatic carbocycles. The summed E-state index contributed by atoms with van der Waals surface area (Å²) < 4.78 is 3.75. The maximum atomic E-state index is 12.4. The Labute approximate surface area is 146 Å². The summed E-state index contributed by atoms with van der Waals surface area (Å²) >= 11 is 0. The number of amides is 1. The van der Waals surface area contributed by atoms with Gasteiger partial charge in [0.2, 0.25) is 0 Å². The highest BCUT2D eigenvalue weighted by Gasteiger charge is 2.11. The van der Waals surface area contributed by atoms with Crippen LogP contribution in [0.3, 0.4) is 0 Å². The van der Waals surface area contributed by atoms with Crippen LogP contribution < -0.4 is 5.32 Å². The van der Waals surface area contributed by atoms with E-state index in [0.717, 1.165) is 17.9 Å². The summed E-state index contributed by atoms with van der Waals surface area (Å²) in [4.78, 5) is 20.7. The predicted octanol–water partition coefficient (Wildman–Crippen LogP) is 2.15. The van der Waals surface area contributed by atoms with Gasteiger partial charge in [-0.15, -0.1) is 0 Å². The molecule has 1 atom stereocenters. The molecule has 0 bridgehead atoms. The van der Waals surface area contributed by atoms with E-state index < -0.39 is 0 Å². The Bertz CT molecular complexity index is 852. The van der Waals surface area contributed by atoms with Crippen molar-refractivity contribution in [1.29, 1.82) is 0 Å². The van der Waals surface area contributed by atoms with Gasteiger partial charge in [0.15, 0.2) is 0 Å². The molecule has 0 spiro atoms. The van der Waals surface area contributed by atoms with Gasteiger partial charge in [-0.05, 0) is 38.0 Å². The van der Waals surface area contributed by atoms with E-state index in [9.17, 15) is 4.79 Å². The zero-order valence-electron chi connectivity index (χ0n) is 14.7. The monoisotopic (exact) mass is 338 g/mol. The summed E-state index contributed by atoms with van der Waals surface area (Å²) in [6, 6.07) is 5.52. The van der Waals surface area contributed by atoms with E-state index in [4.69, 9.17) is 0 Å². The van der Waals surface area contributed by atoms with Crippen molar-refractivity contribution in [3.8, 4) is 5.82 Å². The Morgan fingerprint density at radius 2 is 2.12 bits per heavy atom. The summed E-state index contributed by atoms with van der Waals surface area (Å²) in [7, 11) is 0. The van der Waals surface area contributed by atoms with Gasteiger partial charge < -0.3 is 5.32 Å². The smallest absolute Gasteiger partial charge is 0.251 e. The first-order chi connectivity index (χ1) is 12.0. The van der Waals surface area contributed by atoms with Crippen molar-refractivity contribution < 1.29 is 4.79 Å². The molecule has 3 heterocycles. The highest BCUT2D eigenvalue weighted by atomic mass is 16.1. The molecule has 1 N–H and O–H groups in total. The van der Waals surface area contributed by atoms with Crippen molar-refractivity contribution in [1.82, 2.24) is 29.6 Å². The minimum Gasteiger partial charge on any atom is -0.352 e. The molecule has 3 aromatic heterocycles. The first kappa shape index (κ1) is 16.9. The maximum absolute atomic E-state index is 12.4. The molecule has 0 aliphatic heterocycles. The van der Waals surface area contributed by atoms with Gasteiger partial charge in [0.05, 0.1) is 5.69 Å². The summed E-state index contributed by atoms with van der Waals surface area (Å²) in [5.41, 5.74) is 2.73. The number of hydrogen-bond acceptors (Lipinski definition) is 4. The lowest BCUT2D eigenvalue weighted by Crippen LogP contribution is -2.30. The summed E-state index contributed by atoms with van der Waals surface area (Å²) in [5.74, 6) is 0.835. The largest absolute Gasteiger partial charge is 0.352 e. The van der Waals surface area contributed by atoms with Crippen LogP contribution in [0.5, 0.6) is 0 Å². The highest BCUT2D eigenvalue weighted by Crippen LogP contribution is 2.08. The van der Waals surface area contributed by atoms with Gasteiger partial charge in [-0.3, -0.25) is 14.0 Å². The van der Waals surface area contributed by atoms with Crippen molar-refractivity contribution >= 4 is 5.91 Å². The SMILES string of the molecule is Cc1cc(C)n(C[C@@H](C)CNC(=O)c2ccnc(-n3ccnc3)c2)n1. The fourth-order valence-electron chi connectivity index (χ4n) is 2.68. The number of pyridine rings is 1. The molecule has 25 heavy (non-hydrogen) atoms. The Hall–Kier alpha value is -2.96. The number of aryl methyl sites for hydroxylation is 2. The van der Waals surface area contributed by atoms with E-state index in [0.29, 0.717) is 17.9 Å². The van der Waals surface area contributed by atoms with Crippen molar-refractivity contribution in [3.05, 3.63) is 60.1 Å². The number of carbonyl (C=O) groups is 1. The van der Waals surface area contributed by atoms with E-state index in [1.54, 1.807) is 41.6 Å². The van der Waals surface area contributed by atoms with Crippen molar-refractivity contribution in [3.63, 3.8) is 0 Å². The molecule has 130 valence electrons. The van der Waals surface area contributed by atoms with Crippen LogP contribution in [0.1, 0.15) is 28.7 Å². The molecule has 3 rings (SSSR count). The number of rotatable bonds is 6. The molecule has 0 saturated heterocycles. The lowest BCUT2D eigenvalue weighted by molar-refractivity contribution is 0.0946. The predicted molar refractivity (Wildman–Crippen MR) is 94.6 cm³/mol. The Morgan fingerprint density at radius 1 is 1.28 bits per heavy atom. The van der Waals surface area contributed by atoms with E-state index >= 15 is 0 Å². The molecule has 0 aliphatic rings. The number of nitrogens with one attached hydrogen (secondary N) is 1. The third-order valence-electron chi connectivity index (χ3n) is 3.98. The molecule has 0 unspecified atom stereocenters. The Morgan fingerprint density at radius 3 is 2.80 bits per heavy atom. The topological polar surface area (TPSA) is 77.6 Å². The molecule has 7 nitrogen and oxygen atoms in total. The van der Waals surface area contributed by atoms with Crippen LogP contribution in [0.4, 0.5) is 0 Å². The van der Waals surface area contributed by atoms with Crippen LogP contribution >= 0.6 is 0 Å². The normalized spacial score (nSPS) is 12.1. The molecule has 3 aromatic rings. The lowest BCUT2D eigenvalue weighted by Gasteiger charge is -2.14. The molecule has 1 amide bonds. The quantitative estimate of drug-likeness (QED) is 0.747. The summed E-state index contributed by atoms with van der Waals surface area (Å²) in [6.45, 7) is 7.48. The van der Waals surface area contributed by atoms with Crippen molar-refractivity contribution in [2.24, 2.45) is 5.92 Å². The van der Waals surface area contributed by atoms with Crippen LogP contribution in [-0.4, -0.2) is 36.8 Å². The first-order valence-electron chi connectivity index (χ1n) is 8.26. The maximum Gasteiger partial charge on any atom is 0.251 e. The summed E-state index contributed by atoms with van der Waals surface area (Å²) in [5, 5.41) is 7.45. The number of imidazole rings is 1. The van der Waals surface area contributed by atoms with Crippen LogP contribution in [0, 0.1) is 19.8 Å². The molecule has 0 saturated carbocycles. The number of aromatic nitrogens is 5. The van der Waals surface area contributed by atoms with Gasteiger partial charge in [-0.25, -0.2) is 9.97 Å². The highest BCUT2D eigenvalue weighted by molar-refractivity contribution is 5.94. The van der Waals surface area contributed by atoms with E-state index in [-0.39, 0.29) is 11.8 Å². The molecule has 0 fully saturated rings. The summed E-state index contributed by atoms with van der Waals surface area (Å²) in [6.07, 6.45) is 6.75.